The van der Waals surface area contributed by atoms with Crippen LogP contribution < -0.4 is 10.4 Å². The normalized spacial score (nSPS) is 13.0. The molecule has 1 atom stereocenters. The van der Waals surface area contributed by atoms with Gasteiger partial charge >= 0.3 is 11.6 Å². The summed E-state index contributed by atoms with van der Waals surface area (Å²) >= 11 is 0. The van der Waals surface area contributed by atoms with Crippen LogP contribution in [0, 0.1) is 12.8 Å². The number of aliphatic carboxylic acids is 1. The Morgan fingerprint density at radius 2 is 2.19 bits per heavy atom. The molecule has 5 heteroatoms. The average molecular weight is 294 g/mol. The minimum Gasteiger partial charge on any atom is -0.496 e. The summed E-state index contributed by atoms with van der Waals surface area (Å²) in [6.07, 6.45) is 3.55. The predicted octanol–water partition coefficient (Wildman–Crippen LogP) is 3.25. The van der Waals surface area contributed by atoms with Crippen LogP contribution in [0.4, 0.5) is 0 Å². The molecule has 0 bridgehead atoms. The Labute approximate surface area is 124 Å². The third kappa shape index (κ3) is 5.10. The molecule has 1 unspecified atom stereocenters. The predicted molar refractivity (Wildman–Crippen MR) is 80.6 cm³/mol. The second-order valence-electron chi connectivity index (χ2n) is 5.20. The number of rotatable bonds is 7. The minimum absolute atomic E-state index is 0.171. The SMILES string of the molecule is COc1cc(/C(C)=C/C(C)CCCC(=O)O)oc(=O)c1C. The van der Waals surface area contributed by atoms with Gasteiger partial charge in [-0.3, -0.25) is 4.79 Å². The van der Waals surface area contributed by atoms with Crippen molar-refractivity contribution in [1.82, 2.24) is 0 Å². The molecule has 1 aromatic rings. The molecule has 0 aromatic carbocycles. The zero-order valence-corrected chi connectivity index (χ0v) is 12.9. The van der Waals surface area contributed by atoms with Crippen LogP contribution in [-0.2, 0) is 4.79 Å². The topological polar surface area (TPSA) is 76.7 Å². The first-order valence-electron chi connectivity index (χ1n) is 6.94. The van der Waals surface area contributed by atoms with Crippen LogP contribution in [0.15, 0.2) is 21.4 Å². The van der Waals surface area contributed by atoms with Gasteiger partial charge in [0.2, 0.25) is 0 Å². The van der Waals surface area contributed by atoms with Gasteiger partial charge in [0.25, 0.3) is 0 Å². The van der Waals surface area contributed by atoms with Crippen molar-refractivity contribution in [3.63, 3.8) is 0 Å². The summed E-state index contributed by atoms with van der Waals surface area (Å²) < 4.78 is 10.4. The van der Waals surface area contributed by atoms with Gasteiger partial charge < -0.3 is 14.3 Å². The largest absolute Gasteiger partial charge is 0.496 e. The number of carboxylic acids is 1. The van der Waals surface area contributed by atoms with Gasteiger partial charge in [0.15, 0.2) is 0 Å². The molecule has 0 aliphatic carbocycles. The molecule has 116 valence electrons. The van der Waals surface area contributed by atoms with Crippen LogP contribution in [0.5, 0.6) is 5.75 Å². The fourth-order valence-corrected chi connectivity index (χ4v) is 2.11. The van der Waals surface area contributed by atoms with Gasteiger partial charge in [0, 0.05) is 12.5 Å². The molecule has 0 saturated heterocycles. The zero-order valence-electron chi connectivity index (χ0n) is 12.9. The van der Waals surface area contributed by atoms with Crippen molar-refractivity contribution < 1.29 is 19.1 Å². The Hall–Kier alpha value is -2.04. The molecule has 0 saturated carbocycles. The van der Waals surface area contributed by atoms with Crippen molar-refractivity contribution in [2.24, 2.45) is 5.92 Å². The van der Waals surface area contributed by atoms with Crippen LogP contribution >= 0.6 is 0 Å². The van der Waals surface area contributed by atoms with E-state index in [1.807, 2.05) is 19.9 Å². The number of ether oxygens (including phenoxy) is 1. The zero-order chi connectivity index (χ0) is 16.0. The molecule has 5 nitrogen and oxygen atoms in total. The Balaban J connectivity index is 2.84. The fourth-order valence-electron chi connectivity index (χ4n) is 2.11. The highest BCUT2D eigenvalue weighted by atomic mass is 16.5. The van der Waals surface area contributed by atoms with E-state index in [4.69, 9.17) is 14.3 Å². The summed E-state index contributed by atoms with van der Waals surface area (Å²) in [5.74, 6) is 0.416. The molecule has 1 rings (SSSR count). The maximum atomic E-state index is 11.7. The maximum absolute atomic E-state index is 11.7. The molecule has 1 heterocycles. The van der Waals surface area contributed by atoms with Crippen molar-refractivity contribution in [1.29, 1.82) is 0 Å². The second kappa shape index (κ2) is 7.67. The van der Waals surface area contributed by atoms with E-state index in [9.17, 15) is 9.59 Å². The molecule has 0 aliphatic rings. The van der Waals surface area contributed by atoms with Crippen molar-refractivity contribution in [3.8, 4) is 5.75 Å². The first kappa shape index (κ1) is 17.0. The molecule has 0 amide bonds. The highest BCUT2D eigenvalue weighted by molar-refractivity contribution is 5.66. The number of carbonyl (C=O) groups is 1. The quantitative estimate of drug-likeness (QED) is 0.835. The van der Waals surface area contributed by atoms with E-state index in [1.165, 1.54) is 7.11 Å². The first-order valence-corrected chi connectivity index (χ1v) is 6.94. The Morgan fingerprint density at radius 1 is 1.52 bits per heavy atom. The van der Waals surface area contributed by atoms with Crippen LogP contribution in [-0.4, -0.2) is 18.2 Å². The molecule has 1 aromatic heterocycles. The molecule has 0 radical (unpaired) electrons. The lowest BCUT2D eigenvalue weighted by Crippen LogP contribution is -2.07. The van der Waals surface area contributed by atoms with Crippen LogP contribution in [0.1, 0.15) is 44.4 Å². The van der Waals surface area contributed by atoms with Crippen molar-refractivity contribution >= 4 is 11.5 Å². The lowest BCUT2D eigenvalue weighted by molar-refractivity contribution is -0.137. The number of methoxy groups -OCH3 is 1. The van der Waals surface area contributed by atoms with Gasteiger partial charge in [-0.1, -0.05) is 13.0 Å². The Morgan fingerprint density at radius 3 is 2.76 bits per heavy atom. The third-order valence-electron chi connectivity index (χ3n) is 3.33. The molecule has 0 aliphatic heterocycles. The van der Waals surface area contributed by atoms with Crippen molar-refractivity contribution in [2.75, 3.05) is 7.11 Å². The van der Waals surface area contributed by atoms with E-state index >= 15 is 0 Å². The fraction of sp³-hybridized carbons (Fsp3) is 0.500. The molecule has 1 N–H and O–H groups in total. The second-order valence-corrected chi connectivity index (χ2v) is 5.20. The van der Waals surface area contributed by atoms with E-state index in [0.29, 0.717) is 23.5 Å². The lowest BCUT2D eigenvalue weighted by atomic mass is 10.0. The summed E-state index contributed by atoms with van der Waals surface area (Å²) in [5, 5.41) is 8.62. The molecular weight excluding hydrogens is 272 g/mol. The van der Waals surface area contributed by atoms with Crippen molar-refractivity contribution in [2.45, 2.75) is 40.0 Å². The molecular formula is C16H22O5. The average Bonchev–Trinajstić information content (AvgIpc) is 2.41. The van der Waals surface area contributed by atoms with Crippen LogP contribution in [0.3, 0.4) is 0 Å². The van der Waals surface area contributed by atoms with E-state index in [1.54, 1.807) is 13.0 Å². The monoisotopic (exact) mass is 294 g/mol. The van der Waals surface area contributed by atoms with Crippen LogP contribution in [0.2, 0.25) is 0 Å². The maximum Gasteiger partial charge on any atom is 0.342 e. The molecule has 0 spiro atoms. The summed E-state index contributed by atoms with van der Waals surface area (Å²) in [6.45, 7) is 5.53. The van der Waals surface area contributed by atoms with E-state index in [2.05, 4.69) is 0 Å². The summed E-state index contributed by atoms with van der Waals surface area (Å²) in [7, 11) is 1.51. The van der Waals surface area contributed by atoms with Gasteiger partial charge in [-0.2, -0.15) is 0 Å². The van der Waals surface area contributed by atoms with Gasteiger partial charge in [0.05, 0.1) is 12.7 Å². The number of carboxylic acid groups (broad SMARTS) is 1. The highest BCUT2D eigenvalue weighted by Gasteiger charge is 2.10. The number of hydrogen-bond acceptors (Lipinski definition) is 4. The van der Waals surface area contributed by atoms with E-state index in [-0.39, 0.29) is 12.3 Å². The summed E-state index contributed by atoms with van der Waals surface area (Å²) in [6, 6.07) is 1.70. The minimum atomic E-state index is -0.780. The summed E-state index contributed by atoms with van der Waals surface area (Å²) in [4.78, 5) is 22.2. The molecule has 21 heavy (non-hydrogen) atoms. The number of hydrogen-bond donors (Lipinski definition) is 1. The Kier molecular flexibility index (Phi) is 6.21. The van der Waals surface area contributed by atoms with Gasteiger partial charge in [-0.25, -0.2) is 4.79 Å². The van der Waals surface area contributed by atoms with Gasteiger partial charge in [-0.05, 0) is 38.2 Å². The van der Waals surface area contributed by atoms with E-state index in [0.717, 1.165) is 12.0 Å². The van der Waals surface area contributed by atoms with E-state index < -0.39 is 11.6 Å². The smallest absolute Gasteiger partial charge is 0.342 e. The summed E-state index contributed by atoms with van der Waals surface area (Å²) in [5.41, 5.74) is 0.882. The van der Waals surface area contributed by atoms with Gasteiger partial charge in [0.1, 0.15) is 11.5 Å². The number of allylic oxidation sites excluding steroid dienone is 2. The van der Waals surface area contributed by atoms with Crippen molar-refractivity contribution in [3.05, 3.63) is 33.9 Å². The molecule has 0 fully saturated rings. The van der Waals surface area contributed by atoms with Gasteiger partial charge in [-0.15, -0.1) is 0 Å². The third-order valence-corrected chi connectivity index (χ3v) is 3.33. The Bertz CT molecular complexity index is 583. The highest BCUT2D eigenvalue weighted by Crippen LogP contribution is 2.23. The first-order chi connectivity index (χ1) is 9.85. The standard InChI is InChI=1S/C16H22O5/c1-10(6-5-7-15(17)18)8-11(2)13-9-14(20-4)12(3)16(19)21-13/h8-10H,5-7H2,1-4H3,(H,17,18)/b11-8+. The van der Waals surface area contributed by atoms with Crippen LogP contribution in [0.25, 0.3) is 5.57 Å². The lowest BCUT2D eigenvalue weighted by Gasteiger charge is -2.09.